The third kappa shape index (κ3) is 5.13. The molecule has 0 bridgehead atoms. The minimum absolute atomic E-state index is 0.140. The molecule has 7 nitrogen and oxygen atoms in total. The summed E-state index contributed by atoms with van der Waals surface area (Å²) >= 11 is 9.59. The number of aromatic nitrogens is 1. The quantitative estimate of drug-likeness (QED) is 0.293. The molecule has 172 valence electrons. The van der Waals surface area contributed by atoms with E-state index in [9.17, 15) is 14.4 Å². The van der Waals surface area contributed by atoms with Gasteiger partial charge in [0.05, 0.1) is 5.52 Å². The van der Waals surface area contributed by atoms with Crippen molar-refractivity contribution in [3.8, 4) is 0 Å². The van der Waals surface area contributed by atoms with Gasteiger partial charge in [0, 0.05) is 26.3 Å². The number of benzene rings is 3. The van der Waals surface area contributed by atoms with Crippen LogP contribution < -0.4 is 16.1 Å². The predicted molar refractivity (Wildman–Crippen MR) is 138 cm³/mol. The summed E-state index contributed by atoms with van der Waals surface area (Å²) in [5.74, 6) is -2.26. The van der Waals surface area contributed by atoms with E-state index in [1.54, 1.807) is 54.6 Å². The highest BCUT2D eigenvalue weighted by Crippen LogP contribution is 2.25. The zero-order chi connectivity index (χ0) is 24.4. The molecule has 9 heteroatoms. The standard InChI is InChI=1S/C25H20BrClN4O3/c1-14-4-3-5-18(10-14)29-24(33)25(34)30-31-21-9-7-17(26)11-16(21)12-22(31)23(32)28-19-8-6-15(2)20(27)13-19/h3-13H,1-2H3,(H,28,32)(H,29,33)(H,30,34). The number of fused-ring (bicyclic) bond motifs is 1. The number of carbonyl (C=O) groups is 3. The highest BCUT2D eigenvalue weighted by molar-refractivity contribution is 9.10. The Labute approximate surface area is 209 Å². The van der Waals surface area contributed by atoms with Gasteiger partial charge in [-0.3, -0.25) is 19.8 Å². The third-order valence-electron chi connectivity index (χ3n) is 5.12. The minimum atomic E-state index is -0.922. The summed E-state index contributed by atoms with van der Waals surface area (Å²) < 4.78 is 2.10. The molecule has 4 rings (SSSR count). The van der Waals surface area contributed by atoms with Crippen molar-refractivity contribution in [2.45, 2.75) is 13.8 Å². The Morgan fingerprint density at radius 1 is 0.853 bits per heavy atom. The Bertz CT molecular complexity index is 1450. The summed E-state index contributed by atoms with van der Waals surface area (Å²) in [5, 5.41) is 6.56. The molecule has 1 heterocycles. The van der Waals surface area contributed by atoms with Crippen molar-refractivity contribution in [3.05, 3.63) is 93.0 Å². The normalized spacial score (nSPS) is 10.7. The predicted octanol–water partition coefficient (Wildman–Crippen LogP) is 5.64. The number of amides is 3. The Morgan fingerprint density at radius 2 is 1.62 bits per heavy atom. The van der Waals surface area contributed by atoms with E-state index in [0.717, 1.165) is 15.6 Å². The van der Waals surface area contributed by atoms with Gasteiger partial charge in [0.25, 0.3) is 5.91 Å². The molecule has 0 aliphatic heterocycles. The van der Waals surface area contributed by atoms with Crippen molar-refractivity contribution in [2.75, 3.05) is 16.1 Å². The van der Waals surface area contributed by atoms with Crippen LogP contribution >= 0.6 is 27.5 Å². The number of rotatable bonds is 4. The Hall–Kier alpha value is -3.62. The number of halogens is 2. The van der Waals surface area contributed by atoms with Gasteiger partial charge in [0.15, 0.2) is 0 Å². The van der Waals surface area contributed by atoms with Crippen LogP contribution in [0.15, 0.2) is 71.2 Å². The molecule has 3 amide bonds. The largest absolute Gasteiger partial charge is 0.328 e. The van der Waals surface area contributed by atoms with Gasteiger partial charge in [-0.2, -0.15) is 0 Å². The van der Waals surface area contributed by atoms with Crippen molar-refractivity contribution < 1.29 is 14.4 Å². The van der Waals surface area contributed by atoms with Gasteiger partial charge >= 0.3 is 11.8 Å². The second kappa shape index (κ2) is 9.70. The first-order chi connectivity index (χ1) is 16.2. The maximum Gasteiger partial charge on any atom is 0.328 e. The van der Waals surface area contributed by atoms with Crippen LogP contribution in [0.25, 0.3) is 10.9 Å². The summed E-state index contributed by atoms with van der Waals surface area (Å²) in [5.41, 5.74) is 6.04. The van der Waals surface area contributed by atoms with E-state index < -0.39 is 17.7 Å². The van der Waals surface area contributed by atoms with Gasteiger partial charge in [0.2, 0.25) is 0 Å². The topological polar surface area (TPSA) is 92.2 Å². The van der Waals surface area contributed by atoms with Gasteiger partial charge in [-0.15, -0.1) is 0 Å². The second-order valence-electron chi connectivity index (χ2n) is 7.75. The van der Waals surface area contributed by atoms with Crippen LogP contribution in [-0.2, 0) is 9.59 Å². The first-order valence-corrected chi connectivity index (χ1v) is 11.5. The lowest BCUT2D eigenvalue weighted by molar-refractivity contribution is -0.133. The molecule has 3 N–H and O–H groups in total. The average molecular weight is 540 g/mol. The van der Waals surface area contributed by atoms with Crippen molar-refractivity contribution in [1.29, 1.82) is 0 Å². The lowest BCUT2D eigenvalue weighted by Gasteiger charge is -2.13. The fraction of sp³-hybridized carbons (Fsp3) is 0.0800. The van der Waals surface area contributed by atoms with Crippen LogP contribution in [-0.4, -0.2) is 22.4 Å². The molecule has 0 spiro atoms. The number of hydrogen-bond acceptors (Lipinski definition) is 3. The lowest BCUT2D eigenvalue weighted by Crippen LogP contribution is -2.36. The van der Waals surface area contributed by atoms with Gasteiger partial charge in [-0.05, 0) is 73.5 Å². The highest BCUT2D eigenvalue weighted by Gasteiger charge is 2.21. The first-order valence-electron chi connectivity index (χ1n) is 10.3. The van der Waals surface area contributed by atoms with Crippen molar-refractivity contribution >= 4 is 67.5 Å². The van der Waals surface area contributed by atoms with Crippen LogP contribution in [0, 0.1) is 13.8 Å². The van der Waals surface area contributed by atoms with Gasteiger partial charge in [0.1, 0.15) is 5.69 Å². The van der Waals surface area contributed by atoms with E-state index in [1.165, 1.54) is 4.68 Å². The third-order valence-corrected chi connectivity index (χ3v) is 6.02. The van der Waals surface area contributed by atoms with Crippen LogP contribution in [0.2, 0.25) is 5.02 Å². The Kier molecular flexibility index (Phi) is 6.72. The fourth-order valence-electron chi connectivity index (χ4n) is 3.40. The van der Waals surface area contributed by atoms with Crippen molar-refractivity contribution in [3.63, 3.8) is 0 Å². The molecule has 0 aliphatic carbocycles. The molecule has 3 aromatic carbocycles. The lowest BCUT2D eigenvalue weighted by atomic mass is 10.2. The van der Waals surface area contributed by atoms with Crippen LogP contribution in [0.5, 0.6) is 0 Å². The Balaban J connectivity index is 1.63. The molecule has 34 heavy (non-hydrogen) atoms. The maximum atomic E-state index is 13.1. The minimum Gasteiger partial charge on any atom is -0.321 e. The summed E-state index contributed by atoms with van der Waals surface area (Å²) in [6.45, 7) is 3.74. The fourth-order valence-corrected chi connectivity index (χ4v) is 3.96. The summed E-state index contributed by atoms with van der Waals surface area (Å²) in [6, 6.07) is 19.2. The summed E-state index contributed by atoms with van der Waals surface area (Å²) in [7, 11) is 0. The van der Waals surface area contributed by atoms with Crippen molar-refractivity contribution in [1.82, 2.24) is 4.68 Å². The van der Waals surface area contributed by atoms with Crippen LogP contribution in [0.4, 0.5) is 11.4 Å². The number of anilines is 2. The molecular formula is C25H20BrClN4O3. The van der Waals surface area contributed by atoms with E-state index in [2.05, 4.69) is 32.0 Å². The molecule has 0 radical (unpaired) electrons. The summed E-state index contributed by atoms with van der Waals surface area (Å²) in [6.07, 6.45) is 0. The molecule has 0 unspecified atom stereocenters. The molecular weight excluding hydrogens is 520 g/mol. The van der Waals surface area contributed by atoms with Crippen LogP contribution in [0.3, 0.4) is 0 Å². The zero-order valence-corrected chi connectivity index (χ0v) is 20.6. The van der Waals surface area contributed by atoms with Crippen LogP contribution in [0.1, 0.15) is 21.6 Å². The average Bonchev–Trinajstić information content (AvgIpc) is 3.13. The first kappa shape index (κ1) is 23.5. The molecule has 1 aromatic heterocycles. The molecule has 0 aliphatic rings. The maximum absolute atomic E-state index is 13.1. The van der Waals surface area contributed by atoms with Gasteiger partial charge in [-0.1, -0.05) is 45.7 Å². The van der Waals surface area contributed by atoms with E-state index in [-0.39, 0.29) is 5.69 Å². The van der Waals surface area contributed by atoms with E-state index in [1.807, 2.05) is 26.0 Å². The molecule has 0 saturated carbocycles. The number of carbonyl (C=O) groups excluding carboxylic acids is 3. The smallest absolute Gasteiger partial charge is 0.321 e. The zero-order valence-electron chi connectivity index (χ0n) is 18.3. The van der Waals surface area contributed by atoms with Gasteiger partial charge in [-0.25, -0.2) is 4.68 Å². The molecule has 0 atom stereocenters. The molecule has 0 fully saturated rings. The molecule has 0 saturated heterocycles. The van der Waals surface area contributed by atoms with Gasteiger partial charge < -0.3 is 10.6 Å². The van der Waals surface area contributed by atoms with E-state index >= 15 is 0 Å². The number of aryl methyl sites for hydroxylation is 2. The SMILES string of the molecule is Cc1cccc(NC(=O)C(=O)Nn2c(C(=O)Nc3ccc(C)c(Cl)c3)cc3cc(Br)ccc32)c1. The van der Waals surface area contributed by atoms with E-state index in [0.29, 0.717) is 27.3 Å². The second-order valence-corrected chi connectivity index (χ2v) is 9.07. The number of nitrogens with zero attached hydrogens (tertiary/aromatic N) is 1. The molecule has 4 aromatic rings. The van der Waals surface area contributed by atoms with E-state index in [4.69, 9.17) is 11.6 Å². The monoisotopic (exact) mass is 538 g/mol. The van der Waals surface area contributed by atoms with Crippen molar-refractivity contribution in [2.24, 2.45) is 0 Å². The highest BCUT2D eigenvalue weighted by atomic mass is 79.9. The summed E-state index contributed by atoms with van der Waals surface area (Å²) in [4.78, 5) is 38.4. The Morgan fingerprint density at radius 3 is 2.35 bits per heavy atom. The number of nitrogens with one attached hydrogen (secondary N) is 3. The number of hydrogen-bond donors (Lipinski definition) is 3.